The van der Waals surface area contributed by atoms with E-state index in [-0.39, 0.29) is 6.04 Å². The van der Waals surface area contributed by atoms with Gasteiger partial charge in [-0.1, -0.05) is 24.3 Å². The van der Waals surface area contributed by atoms with Gasteiger partial charge in [-0.25, -0.2) is 9.97 Å². The van der Waals surface area contributed by atoms with Gasteiger partial charge in [-0.2, -0.15) is 4.99 Å². The zero-order valence-electron chi connectivity index (χ0n) is 21.5. The van der Waals surface area contributed by atoms with Crippen molar-refractivity contribution >= 4 is 45.9 Å². The Morgan fingerprint density at radius 2 is 1.16 bits per heavy atom. The Kier molecular flexibility index (Phi) is 8.67. The number of benzene rings is 1. The van der Waals surface area contributed by atoms with Crippen molar-refractivity contribution < 1.29 is 0 Å². The van der Waals surface area contributed by atoms with Crippen molar-refractivity contribution in [1.82, 2.24) is 9.97 Å². The van der Waals surface area contributed by atoms with E-state index in [1.54, 1.807) is 0 Å². The third-order valence-electron chi connectivity index (χ3n) is 6.08. The van der Waals surface area contributed by atoms with Crippen molar-refractivity contribution in [3.05, 3.63) is 89.0 Å². The van der Waals surface area contributed by atoms with Crippen LogP contribution in [0.5, 0.6) is 0 Å². The number of isothiocyanates is 1. The first-order valence-electron chi connectivity index (χ1n) is 12.2. The van der Waals surface area contributed by atoms with Crippen LogP contribution in [-0.4, -0.2) is 57.6 Å². The zero-order valence-corrected chi connectivity index (χ0v) is 22.3. The Bertz CT molecular complexity index is 1450. The summed E-state index contributed by atoms with van der Waals surface area (Å²) >= 11 is 4.74. The van der Waals surface area contributed by atoms with E-state index in [2.05, 4.69) is 15.1 Å². The van der Waals surface area contributed by atoms with E-state index >= 15 is 0 Å². The molecule has 7 nitrogen and oxygen atoms in total. The van der Waals surface area contributed by atoms with Crippen LogP contribution in [0, 0.1) is 0 Å². The Hall–Kier alpha value is -4.00. The lowest BCUT2D eigenvalue weighted by Crippen LogP contribution is -2.11. The van der Waals surface area contributed by atoms with E-state index in [4.69, 9.17) is 37.2 Å². The van der Waals surface area contributed by atoms with Gasteiger partial charge in [0.1, 0.15) is 0 Å². The minimum absolute atomic E-state index is 0.217. The summed E-state index contributed by atoms with van der Waals surface area (Å²) in [6.07, 6.45) is 0. The number of aliphatic imine (C=N–C) groups is 5. The van der Waals surface area contributed by atoms with Crippen molar-refractivity contribution in [2.45, 2.75) is 33.7 Å². The summed E-state index contributed by atoms with van der Waals surface area (Å²) in [4.78, 5) is 33.0. The molecule has 0 amide bonds. The largest absolute Gasteiger partial charge is 0.286 e. The molecule has 0 N–H and O–H groups in total. The van der Waals surface area contributed by atoms with Gasteiger partial charge in [0.05, 0.1) is 82.1 Å². The molecule has 1 atom stereocenters. The maximum Gasteiger partial charge on any atom is 0.0948 e. The van der Waals surface area contributed by atoms with Crippen LogP contribution in [0.4, 0.5) is 5.69 Å². The average Bonchev–Trinajstić information content (AvgIpc) is 2.93. The summed E-state index contributed by atoms with van der Waals surface area (Å²) in [5, 5.41) is 2.41. The first-order chi connectivity index (χ1) is 17.9. The molecule has 4 rings (SSSR count). The van der Waals surface area contributed by atoms with Crippen LogP contribution in [0.15, 0.2) is 85.6 Å². The van der Waals surface area contributed by atoms with E-state index < -0.39 is 0 Å². The maximum absolute atomic E-state index is 5.06. The molecule has 4 bridgehead atoms. The molecule has 0 saturated carbocycles. The molecule has 8 heteroatoms. The Balaban J connectivity index is 1.80. The average molecular weight is 508 g/mol. The summed E-state index contributed by atoms with van der Waals surface area (Å²) in [5.41, 5.74) is 8.49. The number of pyridine rings is 2. The van der Waals surface area contributed by atoms with E-state index in [1.807, 2.05) is 88.4 Å². The second-order valence-electron chi connectivity index (χ2n) is 8.70. The first kappa shape index (κ1) is 26.1. The SMILES string of the molecule is CC1=NCCN=C(C)c2cccc(n2)C(C)=NC(c2ccc(N=C=S)cc2)CN=C(C)c2cccc1n2. The van der Waals surface area contributed by atoms with Crippen LogP contribution in [0.3, 0.4) is 0 Å². The fraction of sp³-hybridized carbons (Fsp3) is 0.276. The highest BCUT2D eigenvalue weighted by Gasteiger charge is 2.14. The van der Waals surface area contributed by atoms with Crippen LogP contribution in [-0.2, 0) is 0 Å². The van der Waals surface area contributed by atoms with E-state index in [0.29, 0.717) is 19.6 Å². The van der Waals surface area contributed by atoms with Gasteiger partial charge in [-0.05, 0) is 81.9 Å². The summed E-state index contributed by atoms with van der Waals surface area (Å²) in [6, 6.07) is 19.5. The fourth-order valence-electron chi connectivity index (χ4n) is 3.92. The van der Waals surface area contributed by atoms with Gasteiger partial charge < -0.3 is 0 Å². The highest BCUT2D eigenvalue weighted by atomic mass is 32.1. The Morgan fingerprint density at radius 3 is 1.68 bits per heavy atom. The predicted molar refractivity (Wildman–Crippen MR) is 156 cm³/mol. The highest BCUT2D eigenvalue weighted by Crippen LogP contribution is 2.23. The van der Waals surface area contributed by atoms with Crippen molar-refractivity contribution in [3.63, 3.8) is 0 Å². The number of nitrogens with zero attached hydrogens (tertiary/aromatic N) is 7. The van der Waals surface area contributed by atoms with E-state index in [1.165, 1.54) is 0 Å². The smallest absolute Gasteiger partial charge is 0.0948 e. The highest BCUT2D eigenvalue weighted by molar-refractivity contribution is 7.78. The summed E-state index contributed by atoms with van der Waals surface area (Å²) in [7, 11) is 0. The van der Waals surface area contributed by atoms with E-state index in [0.717, 1.165) is 56.9 Å². The monoisotopic (exact) mass is 507 g/mol. The molecule has 0 saturated heterocycles. The summed E-state index contributed by atoms with van der Waals surface area (Å²) in [6.45, 7) is 9.52. The Labute approximate surface area is 223 Å². The zero-order chi connectivity index (χ0) is 26.2. The standard InChI is InChI=1S/C29H29N7S/c1-19-25-7-5-9-27(35-25)21(3)32-17-29(23-11-13-24(14-12-23)33-18-37)34-22(4)28-10-6-8-26(36-28)20(2)31-16-15-30-19/h5-14,29H,15-17H2,1-4H3. The first-order valence-corrected chi connectivity index (χ1v) is 12.6. The quantitative estimate of drug-likeness (QED) is 0.319. The molecule has 3 aromatic rings. The molecule has 0 radical (unpaired) electrons. The van der Waals surface area contributed by atoms with Gasteiger partial charge in [-0.3, -0.25) is 20.0 Å². The van der Waals surface area contributed by atoms with Crippen molar-refractivity contribution in [1.29, 1.82) is 0 Å². The molecule has 186 valence electrons. The molecule has 0 aliphatic carbocycles. The topological polar surface area (TPSA) is 87.6 Å². The van der Waals surface area contributed by atoms with Gasteiger partial charge in [-0.15, -0.1) is 0 Å². The van der Waals surface area contributed by atoms with Gasteiger partial charge in [0, 0.05) is 0 Å². The van der Waals surface area contributed by atoms with Gasteiger partial charge in [0.15, 0.2) is 0 Å². The molecule has 1 aliphatic heterocycles. The molecule has 0 spiro atoms. The predicted octanol–water partition coefficient (Wildman–Crippen LogP) is 5.90. The number of rotatable bonds is 2. The van der Waals surface area contributed by atoms with Gasteiger partial charge >= 0.3 is 0 Å². The lowest BCUT2D eigenvalue weighted by molar-refractivity contribution is 0.739. The van der Waals surface area contributed by atoms with Crippen molar-refractivity contribution in [2.75, 3.05) is 19.6 Å². The molecule has 1 aromatic carbocycles. The molecular weight excluding hydrogens is 478 g/mol. The summed E-state index contributed by atoms with van der Waals surface area (Å²) in [5.74, 6) is 0. The number of hydrogen-bond donors (Lipinski definition) is 0. The van der Waals surface area contributed by atoms with Crippen LogP contribution >= 0.6 is 12.2 Å². The Morgan fingerprint density at radius 1 is 0.676 bits per heavy atom. The molecule has 1 aliphatic rings. The van der Waals surface area contributed by atoms with Crippen LogP contribution < -0.4 is 0 Å². The van der Waals surface area contributed by atoms with Gasteiger partial charge in [0.25, 0.3) is 0 Å². The van der Waals surface area contributed by atoms with E-state index in [9.17, 15) is 0 Å². The molecule has 1 unspecified atom stereocenters. The number of thiocarbonyl (C=S) groups is 1. The van der Waals surface area contributed by atoms with Crippen LogP contribution in [0.25, 0.3) is 0 Å². The minimum Gasteiger partial charge on any atom is -0.286 e. The van der Waals surface area contributed by atoms with Crippen molar-refractivity contribution in [3.8, 4) is 0 Å². The molecule has 37 heavy (non-hydrogen) atoms. The molecule has 0 fully saturated rings. The number of aromatic nitrogens is 2. The van der Waals surface area contributed by atoms with Crippen molar-refractivity contribution in [2.24, 2.45) is 25.0 Å². The third kappa shape index (κ3) is 6.82. The third-order valence-corrected chi connectivity index (χ3v) is 6.17. The lowest BCUT2D eigenvalue weighted by Gasteiger charge is -2.14. The van der Waals surface area contributed by atoms with Crippen LogP contribution in [0.1, 0.15) is 62.1 Å². The normalized spacial score (nSPS) is 16.7. The van der Waals surface area contributed by atoms with Crippen LogP contribution in [0.2, 0.25) is 0 Å². The lowest BCUT2D eigenvalue weighted by atomic mass is 10.1. The fourth-order valence-corrected chi connectivity index (χ4v) is 4.03. The molecule has 2 aromatic heterocycles. The minimum atomic E-state index is -0.217. The number of hydrogen-bond acceptors (Lipinski definition) is 8. The second kappa shape index (κ2) is 12.3. The maximum atomic E-state index is 5.06. The summed E-state index contributed by atoms with van der Waals surface area (Å²) < 4.78 is 0. The molecule has 3 heterocycles. The molecular formula is C29H29N7S. The van der Waals surface area contributed by atoms with Gasteiger partial charge in [0.2, 0.25) is 0 Å². The number of fused-ring (bicyclic) bond motifs is 4. The second-order valence-corrected chi connectivity index (χ2v) is 8.88.